The van der Waals surface area contributed by atoms with E-state index in [1.54, 1.807) is 0 Å². The lowest BCUT2D eigenvalue weighted by Gasteiger charge is -2.08. The SMILES string of the molecule is COC(=O)OC1CCCO1. The normalized spacial score (nSPS) is 24.3. The molecule has 1 aliphatic heterocycles. The van der Waals surface area contributed by atoms with Crippen molar-refractivity contribution in [2.24, 2.45) is 0 Å². The van der Waals surface area contributed by atoms with E-state index >= 15 is 0 Å². The Morgan fingerprint density at radius 1 is 1.70 bits per heavy atom. The van der Waals surface area contributed by atoms with Crippen molar-refractivity contribution in [3.63, 3.8) is 0 Å². The van der Waals surface area contributed by atoms with E-state index in [2.05, 4.69) is 9.47 Å². The van der Waals surface area contributed by atoms with Crippen molar-refractivity contribution in [3.05, 3.63) is 0 Å². The minimum atomic E-state index is -0.674. The van der Waals surface area contributed by atoms with E-state index in [1.165, 1.54) is 7.11 Å². The Morgan fingerprint density at radius 2 is 2.50 bits per heavy atom. The fraction of sp³-hybridized carbons (Fsp3) is 0.833. The fourth-order valence-corrected chi connectivity index (χ4v) is 0.796. The Bertz CT molecular complexity index is 117. The van der Waals surface area contributed by atoms with Crippen LogP contribution in [-0.4, -0.2) is 26.2 Å². The molecular formula is C6H10O4. The van der Waals surface area contributed by atoms with Crippen LogP contribution in [0.2, 0.25) is 0 Å². The van der Waals surface area contributed by atoms with Gasteiger partial charge in [0, 0.05) is 6.42 Å². The standard InChI is InChI=1S/C6H10O4/c1-8-6(7)10-5-3-2-4-9-5/h5H,2-4H2,1H3. The second kappa shape index (κ2) is 3.41. The van der Waals surface area contributed by atoms with Gasteiger partial charge in [0.05, 0.1) is 13.7 Å². The molecule has 0 spiro atoms. The maximum absolute atomic E-state index is 10.4. The van der Waals surface area contributed by atoms with E-state index in [0.717, 1.165) is 12.8 Å². The van der Waals surface area contributed by atoms with E-state index in [9.17, 15) is 4.79 Å². The van der Waals surface area contributed by atoms with Gasteiger partial charge in [0.1, 0.15) is 0 Å². The van der Waals surface area contributed by atoms with Crippen molar-refractivity contribution in [1.82, 2.24) is 0 Å². The van der Waals surface area contributed by atoms with Crippen molar-refractivity contribution in [2.75, 3.05) is 13.7 Å². The summed E-state index contributed by atoms with van der Waals surface area (Å²) in [5.74, 6) is 0. The topological polar surface area (TPSA) is 44.8 Å². The molecule has 4 nitrogen and oxygen atoms in total. The van der Waals surface area contributed by atoms with Gasteiger partial charge < -0.3 is 14.2 Å². The first-order chi connectivity index (χ1) is 4.83. The third-order valence-electron chi connectivity index (χ3n) is 1.28. The van der Waals surface area contributed by atoms with Crippen LogP contribution in [0, 0.1) is 0 Å². The molecule has 0 amide bonds. The lowest BCUT2D eigenvalue weighted by Crippen LogP contribution is -2.16. The zero-order valence-electron chi connectivity index (χ0n) is 5.83. The Kier molecular flexibility index (Phi) is 2.50. The zero-order valence-corrected chi connectivity index (χ0v) is 5.83. The van der Waals surface area contributed by atoms with Crippen molar-refractivity contribution in [1.29, 1.82) is 0 Å². The molecule has 58 valence electrons. The van der Waals surface area contributed by atoms with Gasteiger partial charge in [-0.1, -0.05) is 0 Å². The van der Waals surface area contributed by atoms with Crippen LogP contribution in [0.25, 0.3) is 0 Å². The van der Waals surface area contributed by atoms with E-state index < -0.39 is 6.16 Å². The fourth-order valence-electron chi connectivity index (χ4n) is 0.796. The summed E-state index contributed by atoms with van der Waals surface area (Å²) in [4.78, 5) is 10.4. The third-order valence-corrected chi connectivity index (χ3v) is 1.28. The van der Waals surface area contributed by atoms with Crippen LogP contribution in [-0.2, 0) is 14.2 Å². The number of rotatable bonds is 1. The minimum Gasteiger partial charge on any atom is -0.438 e. The number of methoxy groups -OCH3 is 1. The predicted octanol–water partition coefficient (Wildman–Crippen LogP) is 0.906. The van der Waals surface area contributed by atoms with Gasteiger partial charge in [0.25, 0.3) is 0 Å². The van der Waals surface area contributed by atoms with Crippen molar-refractivity contribution in [2.45, 2.75) is 19.1 Å². The molecule has 1 rings (SSSR count). The number of hydrogen-bond donors (Lipinski definition) is 0. The number of carbonyl (C=O) groups excluding carboxylic acids is 1. The molecule has 1 atom stereocenters. The van der Waals surface area contributed by atoms with Gasteiger partial charge in [-0.25, -0.2) is 4.79 Å². The Morgan fingerprint density at radius 3 is 3.00 bits per heavy atom. The van der Waals surface area contributed by atoms with E-state index in [0.29, 0.717) is 6.61 Å². The van der Waals surface area contributed by atoms with Crippen LogP contribution in [0.5, 0.6) is 0 Å². The second-order valence-electron chi connectivity index (χ2n) is 2.01. The van der Waals surface area contributed by atoms with Crippen LogP contribution in [0.3, 0.4) is 0 Å². The minimum absolute atomic E-state index is 0.382. The summed E-state index contributed by atoms with van der Waals surface area (Å²) < 4.78 is 14.0. The van der Waals surface area contributed by atoms with Crippen LogP contribution in [0.1, 0.15) is 12.8 Å². The molecule has 1 fully saturated rings. The van der Waals surface area contributed by atoms with Gasteiger partial charge >= 0.3 is 6.16 Å². The Labute approximate surface area is 59.1 Å². The van der Waals surface area contributed by atoms with Gasteiger partial charge in [-0.15, -0.1) is 0 Å². The first kappa shape index (κ1) is 7.34. The molecule has 0 radical (unpaired) electrons. The molecule has 0 aromatic carbocycles. The molecule has 1 unspecified atom stereocenters. The van der Waals surface area contributed by atoms with E-state index in [1.807, 2.05) is 0 Å². The highest BCUT2D eigenvalue weighted by molar-refractivity contribution is 5.59. The van der Waals surface area contributed by atoms with Crippen LogP contribution < -0.4 is 0 Å². The second-order valence-corrected chi connectivity index (χ2v) is 2.01. The molecule has 0 aromatic rings. The Hall–Kier alpha value is -0.770. The van der Waals surface area contributed by atoms with Gasteiger partial charge in [-0.2, -0.15) is 0 Å². The molecule has 4 heteroatoms. The largest absolute Gasteiger partial charge is 0.510 e. The summed E-state index contributed by atoms with van der Waals surface area (Å²) in [5, 5.41) is 0. The lowest BCUT2D eigenvalue weighted by molar-refractivity contribution is -0.0878. The van der Waals surface area contributed by atoms with Crippen LogP contribution in [0.4, 0.5) is 4.79 Å². The highest BCUT2D eigenvalue weighted by atomic mass is 16.8. The van der Waals surface area contributed by atoms with Gasteiger partial charge in [0.15, 0.2) is 0 Å². The molecule has 0 saturated carbocycles. The molecule has 0 bridgehead atoms. The maximum Gasteiger partial charge on any atom is 0.510 e. The summed E-state index contributed by atoms with van der Waals surface area (Å²) in [6.07, 6.45) is 0.663. The Balaban J connectivity index is 2.17. The molecular weight excluding hydrogens is 136 g/mol. The van der Waals surface area contributed by atoms with E-state index in [-0.39, 0.29) is 6.29 Å². The van der Waals surface area contributed by atoms with Crippen molar-refractivity contribution in [3.8, 4) is 0 Å². The van der Waals surface area contributed by atoms with Crippen LogP contribution >= 0.6 is 0 Å². The maximum atomic E-state index is 10.4. The number of carbonyl (C=O) groups is 1. The third kappa shape index (κ3) is 1.88. The summed E-state index contributed by atoms with van der Waals surface area (Å²) in [6.45, 7) is 0.668. The van der Waals surface area contributed by atoms with Crippen LogP contribution in [0.15, 0.2) is 0 Å². The molecule has 0 aromatic heterocycles. The molecule has 0 aliphatic carbocycles. The summed E-state index contributed by atoms with van der Waals surface area (Å²) >= 11 is 0. The van der Waals surface area contributed by atoms with Gasteiger partial charge in [0.2, 0.25) is 6.29 Å². The van der Waals surface area contributed by atoms with Crippen molar-refractivity contribution >= 4 is 6.16 Å². The van der Waals surface area contributed by atoms with Gasteiger partial charge in [-0.3, -0.25) is 0 Å². The van der Waals surface area contributed by atoms with Crippen molar-refractivity contribution < 1.29 is 19.0 Å². The molecule has 10 heavy (non-hydrogen) atoms. The first-order valence-electron chi connectivity index (χ1n) is 3.19. The quantitative estimate of drug-likeness (QED) is 0.516. The number of hydrogen-bond acceptors (Lipinski definition) is 4. The molecule has 1 saturated heterocycles. The summed E-state index contributed by atoms with van der Waals surface area (Å²) in [7, 11) is 1.28. The molecule has 1 aliphatic rings. The van der Waals surface area contributed by atoms with Gasteiger partial charge in [-0.05, 0) is 6.42 Å². The summed E-state index contributed by atoms with van der Waals surface area (Å²) in [5.41, 5.74) is 0. The highest BCUT2D eigenvalue weighted by Gasteiger charge is 2.19. The average Bonchev–Trinajstić information content (AvgIpc) is 2.40. The smallest absolute Gasteiger partial charge is 0.438 e. The molecule has 0 N–H and O–H groups in total. The predicted molar refractivity (Wildman–Crippen MR) is 32.5 cm³/mol. The monoisotopic (exact) mass is 146 g/mol. The zero-order chi connectivity index (χ0) is 7.40. The average molecular weight is 146 g/mol. The number of ether oxygens (including phenoxy) is 3. The van der Waals surface area contributed by atoms with E-state index in [4.69, 9.17) is 4.74 Å². The molecule has 1 heterocycles. The first-order valence-corrected chi connectivity index (χ1v) is 3.19. The summed E-state index contributed by atoms with van der Waals surface area (Å²) in [6, 6.07) is 0. The lowest BCUT2D eigenvalue weighted by atomic mass is 10.4. The highest BCUT2D eigenvalue weighted by Crippen LogP contribution is 2.13.